The number of likely N-dealkylation sites (N-methyl/N-ethyl adjacent to an activating group) is 1. The van der Waals surface area contributed by atoms with Crippen molar-refractivity contribution in [3.8, 4) is 0 Å². The summed E-state index contributed by atoms with van der Waals surface area (Å²) >= 11 is 0. The maximum atomic E-state index is 12.6. The first-order valence-electron chi connectivity index (χ1n) is 21.6. The zero-order valence-corrected chi connectivity index (χ0v) is 36.2. The Morgan fingerprint density at radius 1 is 0.582 bits per heavy atom. The van der Waals surface area contributed by atoms with E-state index in [1.54, 1.807) is 0 Å². The van der Waals surface area contributed by atoms with Crippen LogP contribution in [0.4, 0.5) is 0 Å². The Bertz CT molecular complexity index is 1100. The van der Waals surface area contributed by atoms with Crippen LogP contribution < -0.4 is 0 Å². The summed E-state index contributed by atoms with van der Waals surface area (Å²) in [6.07, 6.45) is 45.5. The summed E-state index contributed by atoms with van der Waals surface area (Å²) < 4.78 is 33.4. The van der Waals surface area contributed by atoms with Gasteiger partial charge in [0.25, 0.3) is 0 Å². The fourth-order valence-corrected chi connectivity index (χ4v) is 6.24. The number of ether oxygens (including phenoxy) is 2. The molecule has 0 saturated heterocycles. The summed E-state index contributed by atoms with van der Waals surface area (Å²) in [5.41, 5.74) is 0. The second-order valence-corrected chi connectivity index (χ2v) is 15.9. The lowest BCUT2D eigenvalue weighted by Crippen LogP contribution is -2.29. The number of carbonyl (C=O) groups is 2. The van der Waals surface area contributed by atoms with Gasteiger partial charge in [-0.25, -0.2) is 4.57 Å². The van der Waals surface area contributed by atoms with Gasteiger partial charge in [0.15, 0.2) is 6.10 Å². The van der Waals surface area contributed by atoms with E-state index in [2.05, 4.69) is 74.6 Å². The minimum absolute atomic E-state index is 0.000852. The second kappa shape index (κ2) is 39.9. The quantitative estimate of drug-likeness (QED) is 0.0281. The third-order valence-corrected chi connectivity index (χ3v) is 9.79. The van der Waals surface area contributed by atoms with Gasteiger partial charge in [-0.15, -0.1) is 0 Å². The number of allylic oxidation sites excluding steroid dienone is 10. The molecule has 2 atom stereocenters. The first-order chi connectivity index (χ1) is 26.7. The molecule has 318 valence electrons. The van der Waals surface area contributed by atoms with E-state index in [9.17, 15) is 19.0 Å². The Morgan fingerprint density at radius 2 is 1.04 bits per heavy atom. The van der Waals surface area contributed by atoms with E-state index in [4.69, 9.17) is 18.5 Å². The van der Waals surface area contributed by atoms with Gasteiger partial charge in [-0.2, -0.15) is 0 Å². The molecule has 0 aliphatic rings. The molecule has 0 heterocycles. The standard InChI is InChI=1S/C45H80NO8P/c1-5-7-9-11-13-15-17-19-21-22-24-25-27-29-31-33-35-37-44(47)51-41-43(42-53-55(49,50)52-40-39-46(3)4)54-45(48)38-36-34-32-30-28-26-23-20-18-16-14-12-10-8-6-2/h7,9,13,15,19-21,23-25,43H,5-6,8,10-12,14,16-18,22,26-42H2,1-4H3,(H,49,50)/b9-7-,15-13-,21-19-,23-20-,25-24-. The summed E-state index contributed by atoms with van der Waals surface area (Å²) in [6, 6.07) is 0. The van der Waals surface area contributed by atoms with E-state index < -0.39 is 32.5 Å². The molecule has 0 bridgehead atoms. The summed E-state index contributed by atoms with van der Waals surface area (Å²) in [6.45, 7) is 4.15. The predicted octanol–water partition coefficient (Wildman–Crippen LogP) is 12.3. The lowest BCUT2D eigenvalue weighted by Gasteiger charge is -2.20. The topological polar surface area (TPSA) is 112 Å². The lowest BCUT2D eigenvalue weighted by atomic mass is 10.1. The zero-order chi connectivity index (χ0) is 40.5. The summed E-state index contributed by atoms with van der Waals surface area (Å²) in [4.78, 5) is 37.0. The Kier molecular flexibility index (Phi) is 38.3. The smallest absolute Gasteiger partial charge is 0.462 e. The van der Waals surface area contributed by atoms with Crippen LogP contribution in [0.15, 0.2) is 60.8 Å². The fourth-order valence-electron chi connectivity index (χ4n) is 5.50. The molecule has 9 nitrogen and oxygen atoms in total. The van der Waals surface area contributed by atoms with Crippen LogP contribution in [0.3, 0.4) is 0 Å². The van der Waals surface area contributed by atoms with Gasteiger partial charge >= 0.3 is 19.8 Å². The van der Waals surface area contributed by atoms with Crippen molar-refractivity contribution in [2.45, 2.75) is 174 Å². The average molecular weight is 794 g/mol. The molecule has 55 heavy (non-hydrogen) atoms. The van der Waals surface area contributed by atoms with Crippen LogP contribution in [0.1, 0.15) is 168 Å². The molecule has 0 aromatic rings. The van der Waals surface area contributed by atoms with Crippen LogP contribution in [0.2, 0.25) is 0 Å². The number of carbonyl (C=O) groups excluding carboxylic acids is 2. The Hall–Kier alpha value is -2.29. The van der Waals surface area contributed by atoms with E-state index in [0.717, 1.165) is 83.5 Å². The SMILES string of the molecule is CC/C=C\C/C=C\C/C=C\C/C=C\CCCCCCC(=O)OCC(COP(=O)(O)OCCN(C)C)OC(=O)CCCCCCC/C=C\CCCCCCCC. The molecule has 0 aromatic heterocycles. The number of rotatable bonds is 39. The summed E-state index contributed by atoms with van der Waals surface area (Å²) in [5.74, 6) is -0.844. The highest BCUT2D eigenvalue weighted by atomic mass is 31.2. The van der Waals surface area contributed by atoms with E-state index in [-0.39, 0.29) is 26.1 Å². The van der Waals surface area contributed by atoms with Gasteiger partial charge in [0.1, 0.15) is 6.61 Å². The second-order valence-electron chi connectivity index (χ2n) is 14.5. The van der Waals surface area contributed by atoms with Crippen molar-refractivity contribution >= 4 is 19.8 Å². The molecule has 0 saturated carbocycles. The first-order valence-corrected chi connectivity index (χ1v) is 23.1. The van der Waals surface area contributed by atoms with Crippen LogP contribution in [0, 0.1) is 0 Å². The van der Waals surface area contributed by atoms with Gasteiger partial charge in [-0.05, 0) is 91.1 Å². The molecule has 0 fully saturated rings. The summed E-state index contributed by atoms with van der Waals surface area (Å²) in [5, 5.41) is 0. The van der Waals surface area contributed by atoms with Gasteiger partial charge in [-0.3, -0.25) is 18.6 Å². The maximum Gasteiger partial charge on any atom is 0.472 e. The molecular formula is C45H80NO8P. The monoisotopic (exact) mass is 794 g/mol. The number of hydrogen-bond donors (Lipinski definition) is 1. The molecule has 0 radical (unpaired) electrons. The third-order valence-electron chi connectivity index (χ3n) is 8.81. The van der Waals surface area contributed by atoms with Crippen molar-refractivity contribution in [1.82, 2.24) is 4.90 Å². The molecule has 0 aliphatic heterocycles. The van der Waals surface area contributed by atoms with Crippen molar-refractivity contribution in [3.05, 3.63) is 60.8 Å². The Labute approximate surface area is 336 Å². The van der Waals surface area contributed by atoms with Crippen molar-refractivity contribution in [3.63, 3.8) is 0 Å². The Balaban J connectivity index is 4.36. The fraction of sp³-hybridized carbons (Fsp3) is 0.733. The molecular weight excluding hydrogens is 713 g/mol. The first kappa shape index (κ1) is 52.7. The van der Waals surface area contributed by atoms with E-state index in [0.29, 0.717) is 19.4 Å². The van der Waals surface area contributed by atoms with Gasteiger partial charge in [0, 0.05) is 19.4 Å². The highest BCUT2D eigenvalue weighted by Gasteiger charge is 2.26. The molecule has 10 heteroatoms. The molecule has 0 rings (SSSR count). The average Bonchev–Trinajstić information content (AvgIpc) is 3.15. The van der Waals surface area contributed by atoms with E-state index in [1.807, 2.05) is 19.0 Å². The van der Waals surface area contributed by atoms with E-state index >= 15 is 0 Å². The van der Waals surface area contributed by atoms with Crippen molar-refractivity contribution in [2.24, 2.45) is 0 Å². The number of phosphoric ester groups is 1. The van der Waals surface area contributed by atoms with Crippen LogP contribution >= 0.6 is 7.82 Å². The van der Waals surface area contributed by atoms with Crippen LogP contribution in [-0.2, 0) is 32.7 Å². The normalized spacial score (nSPS) is 14.0. The lowest BCUT2D eigenvalue weighted by molar-refractivity contribution is -0.161. The van der Waals surface area contributed by atoms with Gasteiger partial charge < -0.3 is 19.3 Å². The Morgan fingerprint density at radius 3 is 1.56 bits per heavy atom. The molecule has 0 amide bonds. The molecule has 0 spiro atoms. The van der Waals surface area contributed by atoms with Crippen LogP contribution in [0.5, 0.6) is 0 Å². The largest absolute Gasteiger partial charge is 0.472 e. The number of nitrogens with zero attached hydrogens (tertiary/aromatic N) is 1. The van der Waals surface area contributed by atoms with Crippen molar-refractivity contribution in [2.75, 3.05) is 40.5 Å². The third kappa shape index (κ3) is 41.2. The number of unbranched alkanes of at least 4 members (excludes halogenated alkanes) is 15. The van der Waals surface area contributed by atoms with Crippen LogP contribution in [0.25, 0.3) is 0 Å². The highest BCUT2D eigenvalue weighted by Crippen LogP contribution is 2.43. The van der Waals surface area contributed by atoms with Gasteiger partial charge in [0.05, 0.1) is 13.2 Å². The molecule has 0 aromatic carbocycles. The maximum absolute atomic E-state index is 12.6. The molecule has 1 N–H and O–H groups in total. The van der Waals surface area contributed by atoms with Crippen LogP contribution in [-0.4, -0.2) is 68.3 Å². The number of hydrogen-bond acceptors (Lipinski definition) is 8. The van der Waals surface area contributed by atoms with E-state index in [1.165, 1.54) is 44.9 Å². The molecule has 0 aliphatic carbocycles. The number of esters is 2. The predicted molar refractivity (Wildman–Crippen MR) is 229 cm³/mol. The summed E-state index contributed by atoms with van der Waals surface area (Å²) in [7, 11) is -0.733. The minimum Gasteiger partial charge on any atom is -0.462 e. The molecule has 2 unspecified atom stereocenters. The number of phosphoric acid groups is 1. The minimum atomic E-state index is -4.37. The zero-order valence-electron chi connectivity index (χ0n) is 35.3. The van der Waals surface area contributed by atoms with Gasteiger partial charge in [0.2, 0.25) is 0 Å². The van der Waals surface area contributed by atoms with Crippen molar-refractivity contribution in [1.29, 1.82) is 0 Å². The van der Waals surface area contributed by atoms with Crippen molar-refractivity contribution < 1.29 is 37.6 Å². The van der Waals surface area contributed by atoms with Gasteiger partial charge in [-0.1, -0.05) is 139 Å². The highest BCUT2D eigenvalue weighted by molar-refractivity contribution is 7.47.